The van der Waals surface area contributed by atoms with Gasteiger partial charge in [0.25, 0.3) is 5.56 Å². The van der Waals surface area contributed by atoms with Crippen molar-refractivity contribution in [3.63, 3.8) is 0 Å². The molecule has 11 heteroatoms. The summed E-state index contributed by atoms with van der Waals surface area (Å²) in [6, 6.07) is 10.1. The summed E-state index contributed by atoms with van der Waals surface area (Å²) in [5.41, 5.74) is 4.39. The fourth-order valence-corrected chi connectivity index (χ4v) is 5.84. The molecule has 3 unspecified atom stereocenters. The maximum Gasteiger partial charge on any atom is 0.254 e. The minimum Gasteiger partial charge on any atom is -0.287 e. The van der Waals surface area contributed by atoms with E-state index >= 15 is 0 Å². The third-order valence-electron chi connectivity index (χ3n) is 7.39. The Morgan fingerprint density at radius 1 is 1.11 bits per heavy atom. The zero-order valence-electron chi connectivity index (χ0n) is 19.4. The van der Waals surface area contributed by atoms with Gasteiger partial charge in [-0.3, -0.25) is 14.4 Å². The molecule has 2 aliphatic heterocycles. The maximum atomic E-state index is 14.9. The van der Waals surface area contributed by atoms with E-state index in [4.69, 9.17) is 28.2 Å². The lowest BCUT2D eigenvalue weighted by molar-refractivity contribution is 0.576. The second kappa shape index (κ2) is 8.16. The van der Waals surface area contributed by atoms with Crippen LogP contribution in [0.4, 0.5) is 4.39 Å². The van der Waals surface area contributed by atoms with Crippen molar-refractivity contribution in [3.05, 3.63) is 92.1 Å². The molecule has 1 saturated carbocycles. The van der Waals surface area contributed by atoms with Gasteiger partial charge in [-0.05, 0) is 59.0 Å². The standard InChI is InChI=1S/C26H18Cl2FN7O/c1-12-2-4-15(24(29)23(12)28)13-6-20(30-10-13)25-16-8-17(16)26-32-19(9-22(37)36(25)26)18-7-14(27)3-5-21(18)35-11-31-33-34-35/h2-5,7,9-11,16-17,25H,6,8H2,1H3. The van der Waals surface area contributed by atoms with Gasteiger partial charge in [-0.25, -0.2) is 9.37 Å². The summed E-state index contributed by atoms with van der Waals surface area (Å²) in [5, 5.41) is 12.0. The van der Waals surface area contributed by atoms with Gasteiger partial charge in [0.2, 0.25) is 0 Å². The monoisotopic (exact) mass is 533 g/mol. The van der Waals surface area contributed by atoms with Gasteiger partial charge >= 0.3 is 0 Å². The number of tetrazole rings is 1. The number of hydrogen-bond acceptors (Lipinski definition) is 6. The Hall–Kier alpha value is -3.69. The quantitative estimate of drug-likeness (QED) is 0.360. The number of allylic oxidation sites excluding steroid dienone is 1. The molecular formula is C26H18Cl2FN7O. The molecule has 1 aliphatic carbocycles. The van der Waals surface area contributed by atoms with Gasteiger partial charge in [-0.2, -0.15) is 4.68 Å². The van der Waals surface area contributed by atoms with Crippen LogP contribution in [0.5, 0.6) is 0 Å². The highest BCUT2D eigenvalue weighted by atomic mass is 35.5. The summed E-state index contributed by atoms with van der Waals surface area (Å²) < 4.78 is 18.1. The summed E-state index contributed by atoms with van der Waals surface area (Å²) in [4.78, 5) is 23.1. The molecule has 1 fully saturated rings. The molecule has 0 saturated heterocycles. The van der Waals surface area contributed by atoms with Crippen LogP contribution in [0.1, 0.15) is 41.8 Å². The van der Waals surface area contributed by atoms with Gasteiger partial charge in [-0.15, -0.1) is 5.10 Å². The van der Waals surface area contributed by atoms with Crippen molar-refractivity contribution in [1.29, 1.82) is 0 Å². The normalized spacial score (nSPS) is 21.5. The van der Waals surface area contributed by atoms with E-state index in [1.54, 1.807) is 48.0 Å². The molecule has 7 rings (SSSR count). The third kappa shape index (κ3) is 3.48. The Bertz CT molecular complexity index is 1730. The van der Waals surface area contributed by atoms with Crippen molar-refractivity contribution in [2.24, 2.45) is 10.9 Å². The average molecular weight is 534 g/mol. The van der Waals surface area contributed by atoms with Crippen molar-refractivity contribution in [3.8, 4) is 16.9 Å². The molecule has 3 atom stereocenters. The summed E-state index contributed by atoms with van der Waals surface area (Å²) in [5.74, 6) is 0.710. The Morgan fingerprint density at radius 3 is 2.78 bits per heavy atom. The fraction of sp³-hybridized carbons (Fsp3) is 0.231. The van der Waals surface area contributed by atoms with Gasteiger partial charge in [0, 0.05) is 46.5 Å². The summed E-state index contributed by atoms with van der Waals surface area (Å²) in [6.07, 6.45) is 4.55. The van der Waals surface area contributed by atoms with Gasteiger partial charge in [0.05, 0.1) is 22.4 Å². The van der Waals surface area contributed by atoms with Crippen LogP contribution in [0.15, 0.2) is 58.7 Å². The average Bonchev–Trinajstić information content (AvgIpc) is 3.23. The molecular weight excluding hydrogens is 516 g/mol. The van der Waals surface area contributed by atoms with Gasteiger partial charge in [0.15, 0.2) is 0 Å². The van der Waals surface area contributed by atoms with Crippen molar-refractivity contribution in [2.45, 2.75) is 31.7 Å². The number of hydrogen-bond donors (Lipinski definition) is 0. The van der Waals surface area contributed by atoms with E-state index in [1.807, 2.05) is 0 Å². The first-order chi connectivity index (χ1) is 17.9. The number of aryl methyl sites for hydroxylation is 1. The molecule has 2 aromatic carbocycles. The molecule has 0 radical (unpaired) electrons. The van der Waals surface area contributed by atoms with Crippen molar-refractivity contribution in [1.82, 2.24) is 29.8 Å². The molecule has 8 nitrogen and oxygen atoms in total. The molecule has 0 bridgehead atoms. The maximum absolute atomic E-state index is 14.9. The molecule has 2 aromatic heterocycles. The number of benzene rings is 2. The lowest BCUT2D eigenvalue weighted by Crippen LogP contribution is -2.30. The third-order valence-corrected chi connectivity index (χ3v) is 8.08. The second-order valence-electron chi connectivity index (χ2n) is 9.58. The SMILES string of the molecule is Cc1ccc(C2=CN=C(C3C4CC4c4nc(-c5cc(Cl)ccc5-n5cnnn5)cc(=O)n43)C2)c(F)c1Cl. The molecule has 184 valence electrons. The Kier molecular flexibility index (Phi) is 4.96. The van der Waals surface area contributed by atoms with Gasteiger partial charge in [-0.1, -0.05) is 35.3 Å². The summed E-state index contributed by atoms with van der Waals surface area (Å²) in [6.45, 7) is 1.77. The molecule has 0 N–H and O–H groups in total. The molecule has 37 heavy (non-hydrogen) atoms. The van der Waals surface area contributed by atoms with Crippen LogP contribution in [-0.2, 0) is 0 Å². The zero-order chi connectivity index (χ0) is 25.4. The van der Waals surface area contributed by atoms with Crippen LogP contribution in [0, 0.1) is 18.7 Å². The summed E-state index contributed by atoms with van der Waals surface area (Å²) >= 11 is 12.4. The van der Waals surface area contributed by atoms with Gasteiger partial charge in [0.1, 0.15) is 18.0 Å². The predicted octanol–water partition coefficient (Wildman–Crippen LogP) is 5.18. The van der Waals surface area contributed by atoms with E-state index in [1.165, 1.54) is 17.1 Å². The van der Waals surface area contributed by atoms with Crippen molar-refractivity contribution >= 4 is 34.5 Å². The molecule has 3 aliphatic rings. The van der Waals surface area contributed by atoms with Crippen LogP contribution < -0.4 is 5.56 Å². The largest absolute Gasteiger partial charge is 0.287 e. The van der Waals surface area contributed by atoms with Crippen LogP contribution in [0.25, 0.3) is 22.5 Å². The Labute approximate surface area is 220 Å². The van der Waals surface area contributed by atoms with E-state index in [0.29, 0.717) is 39.5 Å². The van der Waals surface area contributed by atoms with Crippen molar-refractivity contribution in [2.75, 3.05) is 0 Å². The Balaban J connectivity index is 1.25. The zero-order valence-corrected chi connectivity index (χ0v) is 20.9. The first-order valence-corrected chi connectivity index (χ1v) is 12.5. The van der Waals surface area contributed by atoms with Crippen molar-refractivity contribution < 1.29 is 4.39 Å². The minimum atomic E-state index is -0.441. The number of aromatic nitrogens is 6. The number of aliphatic imine (C=N–C) groups is 1. The first kappa shape index (κ1) is 22.5. The van der Waals surface area contributed by atoms with Crippen LogP contribution in [0.2, 0.25) is 10.0 Å². The van der Waals surface area contributed by atoms with E-state index in [-0.39, 0.29) is 28.5 Å². The molecule has 4 heterocycles. The molecule has 0 spiro atoms. The highest BCUT2D eigenvalue weighted by Crippen LogP contribution is 2.59. The van der Waals surface area contributed by atoms with E-state index in [2.05, 4.69) is 20.5 Å². The predicted molar refractivity (Wildman–Crippen MR) is 138 cm³/mol. The highest BCUT2D eigenvalue weighted by Gasteiger charge is 2.55. The summed E-state index contributed by atoms with van der Waals surface area (Å²) in [7, 11) is 0. The van der Waals surface area contributed by atoms with E-state index < -0.39 is 5.82 Å². The van der Waals surface area contributed by atoms with Crippen LogP contribution in [-0.4, -0.2) is 35.5 Å². The number of fused-ring (bicyclic) bond motifs is 3. The topological polar surface area (TPSA) is 90.8 Å². The Morgan fingerprint density at radius 2 is 1.97 bits per heavy atom. The lowest BCUT2D eigenvalue weighted by Gasteiger charge is -2.19. The number of nitrogens with zero attached hydrogens (tertiary/aromatic N) is 7. The molecule has 4 aromatic rings. The second-order valence-corrected chi connectivity index (χ2v) is 10.4. The highest BCUT2D eigenvalue weighted by molar-refractivity contribution is 6.31. The number of halogens is 3. The van der Waals surface area contributed by atoms with Crippen LogP contribution in [0.3, 0.4) is 0 Å². The number of rotatable bonds is 4. The van der Waals surface area contributed by atoms with E-state index in [0.717, 1.165) is 23.5 Å². The first-order valence-electron chi connectivity index (χ1n) is 11.8. The van der Waals surface area contributed by atoms with Crippen LogP contribution >= 0.6 is 23.2 Å². The van der Waals surface area contributed by atoms with Gasteiger partial charge < -0.3 is 0 Å². The minimum absolute atomic E-state index is 0.121. The fourth-order valence-electron chi connectivity index (χ4n) is 5.51. The molecule has 0 amide bonds. The smallest absolute Gasteiger partial charge is 0.254 e. The lowest BCUT2D eigenvalue weighted by atomic mass is 9.97. The van der Waals surface area contributed by atoms with E-state index in [9.17, 15) is 9.18 Å².